The van der Waals surface area contributed by atoms with Gasteiger partial charge < -0.3 is 14.4 Å². The normalized spacial score (nSPS) is 22.8. The lowest BCUT2D eigenvalue weighted by Gasteiger charge is -2.34. The van der Waals surface area contributed by atoms with E-state index in [9.17, 15) is 9.65 Å². The van der Waals surface area contributed by atoms with Crippen molar-refractivity contribution in [1.82, 2.24) is 0 Å². The smallest absolute Gasteiger partial charge is 0.124 e. The van der Waals surface area contributed by atoms with Crippen molar-refractivity contribution in [3.05, 3.63) is 29.6 Å². The lowest BCUT2D eigenvalue weighted by Crippen LogP contribution is -2.38. The third-order valence-corrected chi connectivity index (χ3v) is 4.65. The van der Waals surface area contributed by atoms with Crippen LogP contribution in [0.15, 0.2) is 18.2 Å². The van der Waals surface area contributed by atoms with Gasteiger partial charge in [0.15, 0.2) is 0 Å². The fourth-order valence-corrected chi connectivity index (χ4v) is 3.32. The van der Waals surface area contributed by atoms with Gasteiger partial charge in [0.2, 0.25) is 0 Å². The van der Waals surface area contributed by atoms with Crippen LogP contribution in [0.4, 0.5) is 10.1 Å². The van der Waals surface area contributed by atoms with Crippen LogP contribution >= 0.6 is 0 Å². The highest BCUT2D eigenvalue weighted by molar-refractivity contribution is 5.59. The van der Waals surface area contributed by atoms with Gasteiger partial charge in [-0.3, -0.25) is 0 Å². The number of benzene rings is 1. The van der Waals surface area contributed by atoms with Crippen LogP contribution in [0.2, 0.25) is 0 Å². The van der Waals surface area contributed by atoms with Crippen molar-refractivity contribution in [2.24, 2.45) is 0 Å². The molecule has 3 rings (SSSR count). The van der Waals surface area contributed by atoms with Crippen molar-refractivity contribution in [2.45, 2.75) is 44.3 Å². The van der Waals surface area contributed by atoms with Crippen LogP contribution in [0.25, 0.3) is 0 Å². The van der Waals surface area contributed by atoms with Crippen LogP contribution in [0.1, 0.15) is 37.7 Å². The van der Waals surface area contributed by atoms with Gasteiger partial charge in [-0.1, -0.05) is 0 Å². The standard InChI is InChI=1S/C18H23FN2O2/c19-15-4-5-18(14(11-15)12-20)21-8-6-16(7-9-21)23-13-17-3-1-2-10-22-17/h4-5,11,16-17H,1-3,6-10,13H2/t17-/m1/s1. The average Bonchev–Trinajstić information content (AvgIpc) is 2.61. The first-order valence-corrected chi connectivity index (χ1v) is 8.44. The molecule has 0 saturated carbocycles. The molecule has 23 heavy (non-hydrogen) atoms. The predicted octanol–water partition coefficient (Wildman–Crippen LogP) is 3.25. The van der Waals surface area contributed by atoms with Crippen LogP contribution in [0.3, 0.4) is 0 Å². The lowest BCUT2D eigenvalue weighted by molar-refractivity contribution is -0.0672. The maximum Gasteiger partial charge on any atom is 0.124 e. The summed E-state index contributed by atoms with van der Waals surface area (Å²) in [4.78, 5) is 2.15. The fourth-order valence-electron chi connectivity index (χ4n) is 3.32. The monoisotopic (exact) mass is 318 g/mol. The number of hydrogen-bond donors (Lipinski definition) is 0. The zero-order chi connectivity index (χ0) is 16.1. The quantitative estimate of drug-likeness (QED) is 0.855. The minimum absolute atomic E-state index is 0.253. The van der Waals surface area contributed by atoms with E-state index in [-0.39, 0.29) is 18.0 Å². The fraction of sp³-hybridized carbons (Fsp3) is 0.611. The second-order valence-electron chi connectivity index (χ2n) is 6.28. The summed E-state index contributed by atoms with van der Waals surface area (Å²) >= 11 is 0. The average molecular weight is 318 g/mol. The lowest BCUT2D eigenvalue weighted by atomic mass is 10.0. The zero-order valence-electron chi connectivity index (χ0n) is 13.3. The molecule has 0 radical (unpaired) electrons. The van der Waals surface area contributed by atoms with E-state index in [4.69, 9.17) is 9.47 Å². The van der Waals surface area contributed by atoms with Gasteiger partial charge in [-0.15, -0.1) is 0 Å². The highest BCUT2D eigenvalue weighted by atomic mass is 19.1. The van der Waals surface area contributed by atoms with Gasteiger partial charge in [-0.05, 0) is 50.3 Å². The first-order chi connectivity index (χ1) is 11.3. The molecule has 4 nitrogen and oxygen atoms in total. The molecule has 0 aromatic heterocycles. The molecule has 2 saturated heterocycles. The summed E-state index contributed by atoms with van der Waals surface area (Å²) < 4.78 is 24.9. The highest BCUT2D eigenvalue weighted by Gasteiger charge is 2.23. The molecule has 1 atom stereocenters. The summed E-state index contributed by atoms with van der Waals surface area (Å²) in [6.45, 7) is 3.20. The minimum atomic E-state index is -0.365. The molecular weight excluding hydrogens is 295 g/mol. The molecule has 0 aliphatic carbocycles. The van der Waals surface area contributed by atoms with Crippen molar-refractivity contribution in [1.29, 1.82) is 5.26 Å². The van der Waals surface area contributed by atoms with E-state index >= 15 is 0 Å². The van der Waals surface area contributed by atoms with Gasteiger partial charge in [-0.25, -0.2) is 4.39 Å². The summed E-state index contributed by atoms with van der Waals surface area (Å²) in [7, 11) is 0. The molecule has 124 valence electrons. The van der Waals surface area contributed by atoms with Gasteiger partial charge in [0.25, 0.3) is 0 Å². The zero-order valence-corrected chi connectivity index (χ0v) is 13.3. The SMILES string of the molecule is N#Cc1cc(F)ccc1N1CCC(OC[C@H]2CCCCO2)CC1. The molecule has 0 bridgehead atoms. The Hall–Kier alpha value is -1.64. The number of rotatable bonds is 4. The number of anilines is 1. The molecule has 0 amide bonds. The van der Waals surface area contributed by atoms with Gasteiger partial charge in [-0.2, -0.15) is 5.26 Å². The van der Waals surface area contributed by atoms with E-state index < -0.39 is 0 Å². The third kappa shape index (κ3) is 4.21. The Morgan fingerprint density at radius 3 is 2.78 bits per heavy atom. The Labute approximate surface area is 136 Å². The first-order valence-electron chi connectivity index (χ1n) is 8.44. The van der Waals surface area contributed by atoms with Crippen LogP contribution in [0.5, 0.6) is 0 Å². The molecule has 1 aromatic carbocycles. The molecule has 1 aromatic rings. The van der Waals surface area contributed by atoms with Crippen molar-refractivity contribution >= 4 is 5.69 Å². The Balaban J connectivity index is 1.49. The number of piperidine rings is 1. The summed E-state index contributed by atoms with van der Waals surface area (Å²) in [5.41, 5.74) is 1.22. The van der Waals surface area contributed by atoms with E-state index in [1.54, 1.807) is 6.07 Å². The molecule has 2 heterocycles. The molecular formula is C18H23FN2O2. The number of nitriles is 1. The minimum Gasteiger partial charge on any atom is -0.376 e. The molecule has 5 heteroatoms. The summed E-state index contributed by atoms with van der Waals surface area (Å²) in [5.74, 6) is -0.365. The Morgan fingerprint density at radius 1 is 1.26 bits per heavy atom. The number of ether oxygens (including phenoxy) is 2. The Kier molecular flexibility index (Phi) is 5.47. The van der Waals surface area contributed by atoms with E-state index in [1.165, 1.54) is 18.6 Å². The largest absolute Gasteiger partial charge is 0.376 e. The van der Waals surface area contributed by atoms with E-state index in [1.807, 2.05) is 0 Å². The molecule has 0 N–H and O–H groups in total. The second kappa shape index (κ2) is 7.76. The molecule has 0 spiro atoms. The molecule has 2 aliphatic rings. The Morgan fingerprint density at radius 2 is 2.09 bits per heavy atom. The number of hydrogen-bond acceptors (Lipinski definition) is 4. The van der Waals surface area contributed by atoms with Crippen LogP contribution in [-0.2, 0) is 9.47 Å². The molecule has 0 unspecified atom stereocenters. The van der Waals surface area contributed by atoms with Crippen LogP contribution in [0, 0.1) is 17.1 Å². The first kappa shape index (κ1) is 16.2. The highest BCUT2D eigenvalue weighted by Crippen LogP contribution is 2.26. The predicted molar refractivity (Wildman–Crippen MR) is 85.9 cm³/mol. The van der Waals surface area contributed by atoms with Crippen LogP contribution < -0.4 is 4.90 Å². The number of halogens is 1. The van der Waals surface area contributed by atoms with E-state index in [0.717, 1.165) is 51.1 Å². The maximum absolute atomic E-state index is 13.2. The summed E-state index contributed by atoms with van der Waals surface area (Å²) in [6, 6.07) is 6.50. The van der Waals surface area contributed by atoms with Crippen molar-refractivity contribution in [2.75, 3.05) is 31.2 Å². The number of nitrogens with zero attached hydrogens (tertiary/aromatic N) is 2. The second-order valence-corrected chi connectivity index (χ2v) is 6.28. The Bertz CT molecular complexity index is 559. The van der Waals surface area contributed by atoms with Crippen molar-refractivity contribution < 1.29 is 13.9 Å². The van der Waals surface area contributed by atoms with Crippen LogP contribution in [-0.4, -0.2) is 38.5 Å². The maximum atomic E-state index is 13.2. The van der Waals surface area contributed by atoms with E-state index in [2.05, 4.69) is 11.0 Å². The van der Waals surface area contributed by atoms with Gasteiger partial charge in [0.05, 0.1) is 30.1 Å². The third-order valence-electron chi connectivity index (χ3n) is 4.65. The van der Waals surface area contributed by atoms with E-state index in [0.29, 0.717) is 12.2 Å². The molecule has 2 aliphatic heterocycles. The summed E-state index contributed by atoms with van der Waals surface area (Å²) in [5, 5.41) is 9.17. The van der Waals surface area contributed by atoms with Crippen molar-refractivity contribution in [3.8, 4) is 6.07 Å². The molecule has 2 fully saturated rings. The van der Waals surface area contributed by atoms with Gasteiger partial charge >= 0.3 is 0 Å². The topological polar surface area (TPSA) is 45.5 Å². The van der Waals surface area contributed by atoms with Crippen molar-refractivity contribution in [3.63, 3.8) is 0 Å². The summed E-state index contributed by atoms with van der Waals surface area (Å²) in [6.07, 6.45) is 5.85. The van der Waals surface area contributed by atoms with Gasteiger partial charge in [0.1, 0.15) is 11.9 Å². The van der Waals surface area contributed by atoms with Gasteiger partial charge in [0, 0.05) is 19.7 Å².